The van der Waals surface area contributed by atoms with E-state index >= 15 is 0 Å². The first-order valence-electron chi connectivity index (χ1n) is 8.66. The van der Waals surface area contributed by atoms with Crippen molar-refractivity contribution in [2.24, 2.45) is 0 Å². The number of aromatic carboxylic acids is 1. The Kier molecular flexibility index (Phi) is 4.88. The van der Waals surface area contributed by atoms with Gasteiger partial charge in [0, 0.05) is 25.6 Å². The maximum atomic E-state index is 12.9. The molecule has 6 nitrogen and oxygen atoms in total. The predicted molar refractivity (Wildman–Crippen MR) is 93.9 cm³/mol. The fourth-order valence-electron chi connectivity index (χ4n) is 3.48. The van der Waals surface area contributed by atoms with Crippen molar-refractivity contribution in [3.05, 3.63) is 52.8 Å². The summed E-state index contributed by atoms with van der Waals surface area (Å²) in [5.74, 6) is -0.759. The lowest BCUT2D eigenvalue weighted by molar-refractivity contribution is 0.0682. The highest BCUT2D eigenvalue weighted by Gasteiger charge is 2.27. The van der Waals surface area contributed by atoms with Gasteiger partial charge in [0.2, 0.25) is 0 Å². The summed E-state index contributed by atoms with van der Waals surface area (Å²) in [6.45, 7) is 5.85. The number of carboxylic acid groups (broad SMARTS) is 1. The monoisotopic (exact) mass is 341 g/mol. The van der Waals surface area contributed by atoms with E-state index in [4.69, 9.17) is 0 Å². The van der Waals surface area contributed by atoms with Gasteiger partial charge in [0.25, 0.3) is 5.91 Å². The molecule has 0 aliphatic carbocycles. The van der Waals surface area contributed by atoms with Gasteiger partial charge in [0.15, 0.2) is 0 Å². The molecule has 1 N–H and O–H groups in total. The smallest absolute Gasteiger partial charge is 0.335 e. The number of benzene rings is 1. The molecule has 0 bridgehead atoms. The highest BCUT2D eigenvalue weighted by molar-refractivity contribution is 5.93. The normalized spacial score (nSPS) is 17.5. The number of aryl methyl sites for hydroxylation is 2. The molecular formula is C19H23N3O3. The number of hydrogen-bond donors (Lipinski definition) is 1. The van der Waals surface area contributed by atoms with Crippen LogP contribution in [0.3, 0.4) is 0 Å². The van der Waals surface area contributed by atoms with Gasteiger partial charge in [-0.1, -0.05) is 12.1 Å². The Labute approximate surface area is 147 Å². The van der Waals surface area contributed by atoms with Crippen LogP contribution in [0.5, 0.6) is 0 Å². The van der Waals surface area contributed by atoms with Crippen molar-refractivity contribution in [2.45, 2.75) is 39.2 Å². The van der Waals surface area contributed by atoms with Crippen molar-refractivity contribution in [2.75, 3.05) is 13.1 Å². The molecule has 0 spiro atoms. The second-order valence-corrected chi connectivity index (χ2v) is 6.51. The molecule has 1 fully saturated rings. The molecule has 1 aliphatic heterocycles. The highest BCUT2D eigenvalue weighted by atomic mass is 16.4. The molecule has 1 aromatic carbocycles. The zero-order valence-corrected chi connectivity index (χ0v) is 14.6. The highest BCUT2D eigenvalue weighted by Crippen LogP contribution is 2.28. The zero-order chi connectivity index (χ0) is 18.0. The molecular weight excluding hydrogens is 318 g/mol. The van der Waals surface area contributed by atoms with Crippen molar-refractivity contribution in [3.63, 3.8) is 0 Å². The van der Waals surface area contributed by atoms with Gasteiger partial charge in [-0.15, -0.1) is 0 Å². The van der Waals surface area contributed by atoms with E-state index in [0.717, 1.165) is 30.6 Å². The number of carboxylic acids is 1. The molecule has 2 aromatic rings. The summed E-state index contributed by atoms with van der Waals surface area (Å²) in [4.78, 5) is 26.0. The lowest BCUT2D eigenvalue weighted by Crippen LogP contribution is -2.40. The van der Waals surface area contributed by atoms with Gasteiger partial charge in [-0.2, -0.15) is 5.10 Å². The van der Waals surface area contributed by atoms with E-state index < -0.39 is 5.97 Å². The quantitative estimate of drug-likeness (QED) is 0.928. The summed E-state index contributed by atoms with van der Waals surface area (Å²) < 4.78 is 1.74. The maximum absolute atomic E-state index is 12.9. The first-order chi connectivity index (χ1) is 12.0. The molecule has 25 heavy (non-hydrogen) atoms. The Morgan fingerprint density at radius 3 is 2.84 bits per heavy atom. The minimum Gasteiger partial charge on any atom is -0.478 e. The average molecular weight is 341 g/mol. The van der Waals surface area contributed by atoms with Gasteiger partial charge in [-0.25, -0.2) is 4.79 Å². The molecule has 1 aliphatic rings. The molecule has 6 heteroatoms. The maximum Gasteiger partial charge on any atom is 0.335 e. The van der Waals surface area contributed by atoms with Crippen LogP contribution in [0.25, 0.3) is 0 Å². The topological polar surface area (TPSA) is 75.4 Å². The number of carbonyl (C=O) groups excluding carboxylic acids is 1. The first kappa shape index (κ1) is 17.2. The van der Waals surface area contributed by atoms with Crippen LogP contribution in [-0.4, -0.2) is 44.8 Å². The second-order valence-electron chi connectivity index (χ2n) is 6.51. The Morgan fingerprint density at radius 2 is 2.12 bits per heavy atom. The Bertz CT molecular complexity index is 797. The number of rotatable bonds is 4. The van der Waals surface area contributed by atoms with Gasteiger partial charge in [0.05, 0.1) is 11.3 Å². The van der Waals surface area contributed by atoms with Crippen molar-refractivity contribution < 1.29 is 14.7 Å². The summed E-state index contributed by atoms with van der Waals surface area (Å²) >= 11 is 0. The number of piperidine rings is 1. The third-order valence-electron chi connectivity index (χ3n) is 4.73. The van der Waals surface area contributed by atoms with Gasteiger partial charge < -0.3 is 10.0 Å². The SMILES string of the molecule is CCn1nc(C)cc1C(=O)N1CCC[C@H](c2cccc(C(=O)O)c2)C1. The number of likely N-dealkylation sites (tertiary alicyclic amines) is 1. The summed E-state index contributed by atoms with van der Waals surface area (Å²) in [6.07, 6.45) is 1.87. The molecule has 3 rings (SSSR count). The number of amides is 1. The van der Waals surface area contributed by atoms with Crippen molar-refractivity contribution in [1.29, 1.82) is 0 Å². The summed E-state index contributed by atoms with van der Waals surface area (Å²) in [6, 6.07) is 8.88. The summed E-state index contributed by atoms with van der Waals surface area (Å²) in [7, 11) is 0. The van der Waals surface area contributed by atoms with Crippen LogP contribution in [0.1, 0.15) is 57.8 Å². The van der Waals surface area contributed by atoms with Gasteiger partial charge >= 0.3 is 5.97 Å². The van der Waals surface area contributed by atoms with Gasteiger partial charge in [-0.3, -0.25) is 9.48 Å². The third-order valence-corrected chi connectivity index (χ3v) is 4.73. The van der Waals surface area contributed by atoms with Crippen molar-refractivity contribution >= 4 is 11.9 Å². The van der Waals surface area contributed by atoms with Crippen molar-refractivity contribution in [3.8, 4) is 0 Å². The average Bonchev–Trinajstić information content (AvgIpc) is 3.02. The van der Waals surface area contributed by atoms with E-state index in [1.165, 1.54) is 0 Å². The summed E-state index contributed by atoms with van der Waals surface area (Å²) in [5, 5.41) is 13.5. The Hall–Kier alpha value is -2.63. The Balaban J connectivity index is 1.80. The molecule has 1 aromatic heterocycles. The minimum absolute atomic E-state index is 0.00143. The zero-order valence-electron chi connectivity index (χ0n) is 14.6. The van der Waals surface area contributed by atoms with E-state index in [-0.39, 0.29) is 11.8 Å². The molecule has 0 unspecified atom stereocenters. The fraction of sp³-hybridized carbons (Fsp3) is 0.421. The fourth-order valence-corrected chi connectivity index (χ4v) is 3.48. The molecule has 1 atom stereocenters. The molecule has 1 amide bonds. The lowest BCUT2D eigenvalue weighted by Gasteiger charge is -2.33. The van der Waals surface area contributed by atoms with Crippen LogP contribution in [0.15, 0.2) is 30.3 Å². The largest absolute Gasteiger partial charge is 0.478 e. The van der Waals surface area contributed by atoms with Crippen LogP contribution >= 0.6 is 0 Å². The number of aromatic nitrogens is 2. The molecule has 0 radical (unpaired) electrons. The number of carbonyl (C=O) groups is 2. The second kappa shape index (κ2) is 7.09. The predicted octanol–water partition coefficient (Wildman–Crippen LogP) is 2.93. The van der Waals surface area contributed by atoms with E-state index in [1.807, 2.05) is 30.9 Å². The lowest BCUT2D eigenvalue weighted by atomic mass is 9.89. The van der Waals surface area contributed by atoms with Gasteiger partial charge in [0.1, 0.15) is 5.69 Å². The number of nitrogens with zero attached hydrogens (tertiary/aromatic N) is 3. The molecule has 0 saturated carbocycles. The van der Waals surface area contributed by atoms with Crippen LogP contribution in [0, 0.1) is 6.92 Å². The summed E-state index contributed by atoms with van der Waals surface area (Å²) in [5.41, 5.74) is 2.74. The van der Waals surface area contributed by atoms with Gasteiger partial charge in [-0.05, 0) is 50.5 Å². The molecule has 132 valence electrons. The van der Waals surface area contributed by atoms with Crippen LogP contribution in [-0.2, 0) is 6.54 Å². The van der Waals surface area contributed by atoms with E-state index in [9.17, 15) is 14.7 Å². The Morgan fingerprint density at radius 1 is 1.32 bits per heavy atom. The third kappa shape index (κ3) is 3.57. The standard InChI is InChI=1S/C19H23N3O3/c1-3-22-17(10-13(2)20-22)18(23)21-9-5-8-16(12-21)14-6-4-7-15(11-14)19(24)25/h4,6-7,10-11,16H,3,5,8-9,12H2,1-2H3,(H,24,25)/t16-/m0/s1. The van der Waals surface area contributed by atoms with E-state index in [1.54, 1.807) is 22.9 Å². The van der Waals surface area contributed by atoms with Crippen LogP contribution in [0.2, 0.25) is 0 Å². The van der Waals surface area contributed by atoms with Crippen molar-refractivity contribution in [1.82, 2.24) is 14.7 Å². The van der Waals surface area contributed by atoms with E-state index in [2.05, 4.69) is 5.10 Å². The first-order valence-corrected chi connectivity index (χ1v) is 8.66. The minimum atomic E-state index is -0.923. The van der Waals surface area contributed by atoms with E-state index in [0.29, 0.717) is 24.3 Å². The molecule has 2 heterocycles. The molecule has 1 saturated heterocycles. The number of hydrogen-bond acceptors (Lipinski definition) is 3. The van der Waals surface area contributed by atoms with Crippen LogP contribution in [0.4, 0.5) is 0 Å². The van der Waals surface area contributed by atoms with Crippen LogP contribution < -0.4 is 0 Å².